The van der Waals surface area contributed by atoms with Gasteiger partial charge in [-0.15, -0.1) is 0 Å². The van der Waals surface area contributed by atoms with Crippen molar-refractivity contribution in [3.05, 3.63) is 23.8 Å². The van der Waals surface area contributed by atoms with Crippen molar-refractivity contribution in [1.29, 1.82) is 0 Å². The van der Waals surface area contributed by atoms with E-state index in [1.165, 1.54) is 95.5 Å². The topological polar surface area (TPSA) is 37.3 Å². The van der Waals surface area contributed by atoms with Gasteiger partial charge in [-0.3, -0.25) is 4.79 Å². The smallest absolute Gasteiger partial charge is 0.307 e. The van der Waals surface area contributed by atoms with Crippen LogP contribution in [0.5, 0.6) is 0 Å². The number of hydrogen-bond acceptors (Lipinski definition) is 1. The zero-order valence-electron chi connectivity index (χ0n) is 19.7. The highest BCUT2D eigenvalue weighted by molar-refractivity contribution is 5.71. The molecule has 2 atom stereocenters. The molecule has 0 aromatic carbocycles. The fraction of sp³-hybridized carbons (Fsp3) is 0.815. The van der Waals surface area contributed by atoms with Crippen LogP contribution in [0.3, 0.4) is 0 Å². The van der Waals surface area contributed by atoms with Gasteiger partial charge in [-0.1, -0.05) is 134 Å². The molecule has 1 N–H and O–H groups in total. The van der Waals surface area contributed by atoms with Crippen LogP contribution < -0.4 is 0 Å². The summed E-state index contributed by atoms with van der Waals surface area (Å²) < 4.78 is 0. The fourth-order valence-corrected chi connectivity index (χ4v) is 4.85. The molecule has 0 heterocycles. The minimum Gasteiger partial charge on any atom is -0.481 e. The van der Waals surface area contributed by atoms with Crippen molar-refractivity contribution in [2.24, 2.45) is 11.3 Å². The zero-order chi connectivity index (χ0) is 21.4. The second-order valence-electron chi connectivity index (χ2n) is 9.68. The molecular weight excluding hydrogens is 356 g/mol. The van der Waals surface area contributed by atoms with E-state index in [0.717, 1.165) is 19.3 Å². The van der Waals surface area contributed by atoms with Crippen LogP contribution in [0.2, 0.25) is 0 Å². The number of aliphatic carboxylic acids is 1. The molecule has 0 saturated carbocycles. The lowest BCUT2D eigenvalue weighted by molar-refractivity contribution is -0.145. The second kappa shape index (κ2) is 15.7. The summed E-state index contributed by atoms with van der Waals surface area (Å²) in [4.78, 5) is 11.8. The van der Waals surface area contributed by atoms with Crippen molar-refractivity contribution in [2.75, 3.05) is 0 Å². The van der Waals surface area contributed by atoms with Gasteiger partial charge in [0.1, 0.15) is 0 Å². The molecule has 0 amide bonds. The molecule has 1 aliphatic rings. The molecule has 0 aromatic heterocycles. The summed E-state index contributed by atoms with van der Waals surface area (Å²) in [5.41, 5.74) is 1.07. The Balaban J connectivity index is 2.00. The lowest BCUT2D eigenvalue weighted by atomic mass is 9.69. The van der Waals surface area contributed by atoms with Gasteiger partial charge < -0.3 is 5.11 Å². The first-order chi connectivity index (χ1) is 14.0. The van der Waals surface area contributed by atoms with E-state index in [4.69, 9.17) is 0 Å². The summed E-state index contributed by atoms with van der Waals surface area (Å²) in [5, 5.41) is 9.74. The van der Waals surface area contributed by atoms with Gasteiger partial charge in [0.2, 0.25) is 0 Å². The van der Waals surface area contributed by atoms with E-state index >= 15 is 0 Å². The largest absolute Gasteiger partial charge is 0.481 e. The SMILES string of the molecule is CCCCCCCCCCCCCCCCCC(C(=O)O)C1(C)C=CC=C(C)C1. The van der Waals surface area contributed by atoms with Gasteiger partial charge >= 0.3 is 5.97 Å². The lowest BCUT2D eigenvalue weighted by Crippen LogP contribution is -2.33. The number of allylic oxidation sites excluding steroid dienone is 4. The Morgan fingerprint density at radius 3 is 1.76 bits per heavy atom. The van der Waals surface area contributed by atoms with Crippen LogP contribution in [0.4, 0.5) is 0 Å². The van der Waals surface area contributed by atoms with Crippen molar-refractivity contribution in [3.8, 4) is 0 Å². The van der Waals surface area contributed by atoms with Crippen molar-refractivity contribution in [2.45, 2.75) is 130 Å². The van der Waals surface area contributed by atoms with E-state index in [0.29, 0.717) is 0 Å². The summed E-state index contributed by atoms with van der Waals surface area (Å²) >= 11 is 0. The Hall–Kier alpha value is -1.05. The average Bonchev–Trinajstić information content (AvgIpc) is 2.67. The maximum atomic E-state index is 11.8. The zero-order valence-corrected chi connectivity index (χ0v) is 19.7. The highest BCUT2D eigenvalue weighted by Gasteiger charge is 2.37. The van der Waals surface area contributed by atoms with E-state index in [-0.39, 0.29) is 11.3 Å². The molecule has 0 saturated heterocycles. The minimum absolute atomic E-state index is 0.222. The fourth-order valence-electron chi connectivity index (χ4n) is 4.85. The van der Waals surface area contributed by atoms with Gasteiger partial charge in [0.05, 0.1) is 5.92 Å². The molecule has 0 spiro atoms. The Kier molecular flexibility index (Phi) is 14.1. The normalized spacial score (nSPS) is 19.9. The van der Waals surface area contributed by atoms with Crippen LogP contribution in [0.1, 0.15) is 130 Å². The summed E-state index contributed by atoms with van der Waals surface area (Å²) in [7, 11) is 0. The number of carboxylic acids is 1. The van der Waals surface area contributed by atoms with Crippen LogP contribution in [-0.2, 0) is 4.79 Å². The first-order valence-corrected chi connectivity index (χ1v) is 12.6. The van der Waals surface area contributed by atoms with E-state index in [1.807, 2.05) is 6.08 Å². The number of hydrogen-bond donors (Lipinski definition) is 1. The lowest BCUT2D eigenvalue weighted by Gasteiger charge is -2.34. The minimum atomic E-state index is -0.628. The van der Waals surface area contributed by atoms with Crippen LogP contribution in [0.25, 0.3) is 0 Å². The molecular formula is C27H48O2. The van der Waals surface area contributed by atoms with Crippen molar-refractivity contribution < 1.29 is 9.90 Å². The summed E-state index contributed by atoms with van der Waals surface area (Å²) in [6.45, 7) is 6.50. The van der Waals surface area contributed by atoms with Gasteiger partial charge in [-0.2, -0.15) is 0 Å². The van der Waals surface area contributed by atoms with Crippen molar-refractivity contribution in [3.63, 3.8) is 0 Å². The molecule has 1 aliphatic carbocycles. The van der Waals surface area contributed by atoms with Crippen LogP contribution in [0, 0.1) is 11.3 Å². The maximum absolute atomic E-state index is 11.8. The second-order valence-corrected chi connectivity index (χ2v) is 9.68. The summed E-state index contributed by atoms with van der Waals surface area (Å²) in [6, 6.07) is 0. The van der Waals surface area contributed by atoms with Gasteiger partial charge in [-0.05, 0) is 19.8 Å². The molecule has 0 fully saturated rings. The van der Waals surface area contributed by atoms with Crippen LogP contribution in [0.15, 0.2) is 23.8 Å². The Morgan fingerprint density at radius 2 is 1.34 bits per heavy atom. The molecule has 0 aromatic rings. The third kappa shape index (κ3) is 11.6. The van der Waals surface area contributed by atoms with E-state index < -0.39 is 5.97 Å². The predicted octanol–water partition coefficient (Wildman–Crippen LogP) is 8.86. The number of unbranched alkanes of at least 4 members (excludes halogenated alkanes) is 14. The van der Waals surface area contributed by atoms with Gasteiger partial charge in [0.25, 0.3) is 0 Å². The number of carbonyl (C=O) groups is 1. The molecule has 2 unspecified atom stereocenters. The van der Waals surface area contributed by atoms with Crippen molar-refractivity contribution >= 4 is 5.97 Å². The van der Waals surface area contributed by atoms with Crippen LogP contribution in [-0.4, -0.2) is 11.1 Å². The maximum Gasteiger partial charge on any atom is 0.307 e. The number of carboxylic acid groups (broad SMARTS) is 1. The Bertz CT molecular complexity index is 491. The third-order valence-electron chi connectivity index (χ3n) is 6.71. The molecule has 29 heavy (non-hydrogen) atoms. The Morgan fingerprint density at radius 1 is 0.897 bits per heavy atom. The molecule has 2 heteroatoms. The van der Waals surface area contributed by atoms with Crippen molar-refractivity contribution in [1.82, 2.24) is 0 Å². The van der Waals surface area contributed by atoms with Gasteiger partial charge in [-0.25, -0.2) is 0 Å². The Labute approximate surface area is 181 Å². The average molecular weight is 405 g/mol. The van der Waals surface area contributed by atoms with E-state index in [9.17, 15) is 9.90 Å². The summed E-state index contributed by atoms with van der Waals surface area (Å²) in [6.07, 6.45) is 28.2. The van der Waals surface area contributed by atoms with Gasteiger partial charge in [0, 0.05) is 5.41 Å². The predicted molar refractivity (Wildman–Crippen MR) is 126 cm³/mol. The quantitative estimate of drug-likeness (QED) is 0.232. The van der Waals surface area contributed by atoms with E-state index in [2.05, 4.69) is 32.9 Å². The third-order valence-corrected chi connectivity index (χ3v) is 6.71. The number of rotatable bonds is 18. The summed E-state index contributed by atoms with van der Waals surface area (Å²) in [5.74, 6) is -0.887. The molecule has 2 nitrogen and oxygen atoms in total. The molecule has 0 radical (unpaired) electrons. The molecule has 1 rings (SSSR count). The molecule has 0 bridgehead atoms. The molecule has 168 valence electrons. The first-order valence-electron chi connectivity index (χ1n) is 12.6. The van der Waals surface area contributed by atoms with Gasteiger partial charge in [0.15, 0.2) is 0 Å². The molecule has 0 aliphatic heterocycles. The standard InChI is InChI=1S/C27H48O2/c1-4-5-6-7-8-9-10-11-12-13-14-15-16-17-18-21-25(26(28)29)27(3)22-19-20-24(2)23-27/h19-20,22,25H,4-18,21,23H2,1-3H3,(H,28,29). The first kappa shape index (κ1) is 26.0. The highest BCUT2D eigenvalue weighted by atomic mass is 16.4. The highest BCUT2D eigenvalue weighted by Crippen LogP contribution is 2.41. The monoisotopic (exact) mass is 404 g/mol. The van der Waals surface area contributed by atoms with Crippen LogP contribution >= 0.6 is 0 Å². The van der Waals surface area contributed by atoms with E-state index in [1.54, 1.807) is 0 Å².